The van der Waals surface area contributed by atoms with Crippen molar-refractivity contribution in [3.05, 3.63) is 50.6 Å². The normalized spacial score (nSPS) is 12.6. The number of rotatable bonds is 6. The molecule has 2 rings (SSSR count). The fourth-order valence-corrected chi connectivity index (χ4v) is 4.30. The number of halogens is 2. The van der Waals surface area contributed by atoms with Crippen LogP contribution in [0.4, 0.5) is 0 Å². The highest BCUT2D eigenvalue weighted by Crippen LogP contribution is 2.33. The van der Waals surface area contributed by atoms with E-state index >= 15 is 0 Å². The molecule has 2 aromatic rings. The quantitative estimate of drug-likeness (QED) is 0.701. The van der Waals surface area contributed by atoms with E-state index in [-0.39, 0.29) is 0 Å². The van der Waals surface area contributed by atoms with Crippen LogP contribution in [0, 0.1) is 0 Å². The zero-order chi connectivity index (χ0) is 13.7. The van der Waals surface area contributed by atoms with E-state index in [0.717, 1.165) is 26.6 Å². The molecule has 1 nitrogen and oxygen atoms in total. The van der Waals surface area contributed by atoms with Crippen molar-refractivity contribution in [1.29, 1.82) is 0 Å². The molecule has 0 aliphatic heterocycles. The van der Waals surface area contributed by atoms with Crippen LogP contribution in [-0.2, 0) is 0 Å². The maximum absolute atomic E-state index is 6.18. The van der Waals surface area contributed by atoms with Crippen LogP contribution in [0.15, 0.2) is 41.3 Å². The molecule has 1 atom stereocenters. The third-order valence-corrected chi connectivity index (χ3v) is 5.58. The first-order valence-corrected chi connectivity index (χ1v) is 8.62. The van der Waals surface area contributed by atoms with Crippen molar-refractivity contribution in [1.82, 2.24) is 5.32 Å². The molecule has 19 heavy (non-hydrogen) atoms. The number of hydrogen-bond donors (Lipinski definition) is 1. The van der Waals surface area contributed by atoms with E-state index in [0.29, 0.717) is 6.04 Å². The molecule has 1 heterocycles. The summed E-state index contributed by atoms with van der Waals surface area (Å²) in [4.78, 5) is 2.39. The molecule has 0 radical (unpaired) electrons. The lowest BCUT2D eigenvalue weighted by molar-refractivity contribution is 0.615. The highest BCUT2D eigenvalue weighted by molar-refractivity contribution is 7.99. The summed E-state index contributed by atoms with van der Waals surface area (Å²) in [7, 11) is 0. The predicted molar refractivity (Wildman–Crippen MR) is 87.9 cm³/mol. The Hall–Kier alpha value is -0.190. The Labute approximate surface area is 132 Å². The van der Waals surface area contributed by atoms with Gasteiger partial charge in [0.05, 0.1) is 15.4 Å². The van der Waals surface area contributed by atoms with Gasteiger partial charge in [-0.15, -0.1) is 23.1 Å². The molecule has 0 spiro atoms. The van der Waals surface area contributed by atoms with Gasteiger partial charge in [0.15, 0.2) is 0 Å². The van der Waals surface area contributed by atoms with E-state index < -0.39 is 0 Å². The largest absolute Gasteiger partial charge is 0.309 e. The topological polar surface area (TPSA) is 12.0 Å². The molecule has 1 N–H and O–H groups in total. The van der Waals surface area contributed by atoms with Crippen LogP contribution in [0.25, 0.3) is 0 Å². The maximum atomic E-state index is 6.18. The molecule has 0 saturated heterocycles. The van der Waals surface area contributed by atoms with Crippen molar-refractivity contribution in [2.75, 3.05) is 12.3 Å². The minimum Gasteiger partial charge on any atom is -0.309 e. The van der Waals surface area contributed by atoms with Gasteiger partial charge in [0.1, 0.15) is 0 Å². The summed E-state index contributed by atoms with van der Waals surface area (Å²) in [5.74, 6) is 0.939. The van der Waals surface area contributed by atoms with E-state index in [9.17, 15) is 0 Å². The van der Waals surface area contributed by atoms with Crippen LogP contribution in [0.3, 0.4) is 0 Å². The van der Waals surface area contributed by atoms with Crippen molar-refractivity contribution >= 4 is 46.3 Å². The van der Waals surface area contributed by atoms with Crippen molar-refractivity contribution in [3.8, 4) is 0 Å². The summed E-state index contributed by atoms with van der Waals surface area (Å²) in [6.45, 7) is 3.05. The van der Waals surface area contributed by atoms with Gasteiger partial charge in [0.25, 0.3) is 0 Å². The van der Waals surface area contributed by atoms with E-state index in [1.807, 2.05) is 24.3 Å². The Kier molecular flexibility index (Phi) is 6.05. The molecule has 1 unspecified atom stereocenters. The summed E-state index contributed by atoms with van der Waals surface area (Å²) < 4.78 is 0.834. The second-order valence-electron chi connectivity index (χ2n) is 3.99. The fourth-order valence-electron chi connectivity index (χ4n) is 1.74. The molecule has 5 heteroatoms. The molecule has 0 aliphatic rings. The molecule has 0 aliphatic carbocycles. The van der Waals surface area contributed by atoms with Crippen LogP contribution < -0.4 is 5.32 Å². The average Bonchev–Trinajstić information content (AvgIpc) is 2.83. The second kappa shape index (κ2) is 7.55. The molecule has 1 aromatic heterocycles. The first-order chi connectivity index (χ1) is 9.20. The van der Waals surface area contributed by atoms with Gasteiger partial charge < -0.3 is 5.32 Å². The van der Waals surface area contributed by atoms with Crippen LogP contribution in [0.2, 0.25) is 9.36 Å². The lowest BCUT2D eigenvalue weighted by Gasteiger charge is -2.16. The summed E-state index contributed by atoms with van der Waals surface area (Å²) in [6, 6.07) is 12.3. The van der Waals surface area contributed by atoms with Crippen molar-refractivity contribution in [3.63, 3.8) is 0 Å². The van der Waals surface area contributed by atoms with Gasteiger partial charge in [-0.3, -0.25) is 0 Å². The Morgan fingerprint density at radius 3 is 2.63 bits per heavy atom. The van der Waals surface area contributed by atoms with Crippen LogP contribution in [-0.4, -0.2) is 12.3 Å². The van der Waals surface area contributed by atoms with Gasteiger partial charge in [0.2, 0.25) is 0 Å². The molecule has 0 bridgehead atoms. The van der Waals surface area contributed by atoms with Gasteiger partial charge >= 0.3 is 0 Å². The average molecular weight is 332 g/mol. The van der Waals surface area contributed by atoms with E-state index in [1.54, 1.807) is 23.1 Å². The predicted octanol–water partition coefficient (Wildman–Crippen LogP) is 5.50. The van der Waals surface area contributed by atoms with Gasteiger partial charge in [-0.25, -0.2) is 0 Å². The van der Waals surface area contributed by atoms with Gasteiger partial charge in [-0.1, -0.05) is 42.3 Å². The first kappa shape index (κ1) is 15.2. The molecular weight excluding hydrogens is 317 g/mol. The van der Waals surface area contributed by atoms with E-state index in [2.05, 4.69) is 24.4 Å². The number of hydrogen-bond acceptors (Lipinski definition) is 3. The van der Waals surface area contributed by atoms with Crippen LogP contribution in [0.5, 0.6) is 0 Å². The SMILES string of the molecule is CCNC(CSc1ccccc1Cl)c1ccc(Cl)s1. The molecule has 0 amide bonds. The maximum Gasteiger partial charge on any atom is 0.0931 e. The monoisotopic (exact) mass is 331 g/mol. The smallest absolute Gasteiger partial charge is 0.0931 e. The zero-order valence-corrected chi connectivity index (χ0v) is 13.7. The van der Waals surface area contributed by atoms with Crippen molar-refractivity contribution in [2.45, 2.75) is 17.9 Å². The molecule has 0 saturated carbocycles. The highest BCUT2D eigenvalue weighted by Gasteiger charge is 2.13. The zero-order valence-electron chi connectivity index (χ0n) is 10.5. The summed E-state index contributed by atoms with van der Waals surface area (Å²) in [5.41, 5.74) is 0. The summed E-state index contributed by atoms with van der Waals surface area (Å²) in [5, 5.41) is 4.30. The second-order valence-corrected chi connectivity index (χ2v) is 7.21. The lowest BCUT2D eigenvalue weighted by atomic mass is 10.3. The van der Waals surface area contributed by atoms with Crippen molar-refractivity contribution in [2.24, 2.45) is 0 Å². The Bertz CT molecular complexity index is 528. The summed E-state index contributed by atoms with van der Waals surface area (Å²) >= 11 is 15.6. The fraction of sp³-hybridized carbons (Fsp3) is 0.286. The molecule has 1 aromatic carbocycles. The minimum atomic E-state index is 0.309. The molecular formula is C14H15Cl2NS2. The van der Waals surface area contributed by atoms with Crippen LogP contribution >= 0.6 is 46.3 Å². The number of thioether (sulfide) groups is 1. The van der Waals surface area contributed by atoms with Gasteiger partial charge in [0, 0.05) is 15.5 Å². The third-order valence-electron chi connectivity index (χ3n) is 2.63. The van der Waals surface area contributed by atoms with Crippen LogP contribution in [0.1, 0.15) is 17.8 Å². The number of benzene rings is 1. The van der Waals surface area contributed by atoms with Gasteiger partial charge in [-0.2, -0.15) is 0 Å². The number of thiophene rings is 1. The summed E-state index contributed by atoms with van der Waals surface area (Å²) in [6.07, 6.45) is 0. The Morgan fingerprint density at radius 2 is 2.00 bits per heavy atom. The number of nitrogens with one attached hydrogen (secondary N) is 1. The molecule has 0 fully saturated rings. The van der Waals surface area contributed by atoms with E-state index in [1.165, 1.54) is 4.88 Å². The molecule has 102 valence electrons. The minimum absolute atomic E-state index is 0.309. The highest BCUT2D eigenvalue weighted by atomic mass is 35.5. The Morgan fingerprint density at radius 1 is 1.21 bits per heavy atom. The van der Waals surface area contributed by atoms with E-state index in [4.69, 9.17) is 23.2 Å². The standard InChI is InChI=1S/C14H15Cl2NS2/c1-2-17-11(13-7-8-14(16)19-13)9-18-12-6-4-3-5-10(12)15/h3-8,11,17H,2,9H2,1H3. The van der Waals surface area contributed by atoms with Gasteiger partial charge in [-0.05, 0) is 30.8 Å². The third kappa shape index (κ3) is 4.40. The Balaban J connectivity index is 2.03. The van der Waals surface area contributed by atoms with Crippen molar-refractivity contribution < 1.29 is 0 Å². The lowest BCUT2D eigenvalue weighted by Crippen LogP contribution is -2.21. The first-order valence-electron chi connectivity index (χ1n) is 6.06.